The van der Waals surface area contributed by atoms with Crippen molar-refractivity contribution in [1.82, 2.24) is 4.98 Å². The number of hydrogen-bond acceptors (Lipinski definition) is 2. The molecule has 0 radical (unpaired) electrons. The summed E-state index contributed by atoms with van der Waals surface area (Å²) in [6.07, 6.45) is 0.792. The predicted molar refractivity (Wildman–Crippen MR) is 52.2 cm³/mol. The van der Waals surface area contributed by atoms with Crippen molar-refractivity contribution in [1.29, 1.82) is 5.26 Å². The Balaban J connectivity index is 3.14. The lowest BCUT2D eigenvalue weighted by Gasteiger charge is -2.18. The van der Waals surface area contributed by atoms with Crippen LogP contribution in [-0.4, -0.2) is 4.98 Å². The van der Waals surface area contributed by atoms with Gasteiger partial charge in [-0.25, -0.2) is 0 Å². The smallest absolute Gasteiger partial charge is 0.0962 e. The fourth-order valence-electron chi connectivity index (χ4n) is 1.17. The first-order chi connectivity index (χ1) is 6.12. The molecule has 13 heavy (non-hydrogen) atoms. The fraction of sp³-hybridized carbons (Fsp3) is 0.455. The first-order valence-corrected chi connectivity index (χ1v) is 4.48. The maximum absolute atomic E-state index is 9.04. The Hall–Kier alpha value is -1.36. The third kappa shape index (κ3) is 1.86. The predicted octanol–water partition coefficient (Wildman–Crippen LogP) is 2.58. The molecule has 0 N–H and O–H groups in total. The van der Waals surface area contributed by atoms with E-state index in [9.17, 15) is 0 Å². The summed E-state index contributed by atoms with van der Waals surface area (Å²) in [5.74, 6) is 0. The van der Waals surface area contributed by atoms with E-state index in [1.54, 1.807) is 0 Å². The summed E-state index contributed by atoms with van der Waals surface area (Å²) in [5.41, 5.74) is 1.40. The number of nitriles is 1. The molecule has 0 fully saturated rings. The molecule has 0 bridgehead atoms. The molecule has 1 atom stereocenters. The van der Waals surface area contributed by atoms with E-state index in [2.05, 4.69) is 11.1 Å². The van der Waals surface area contributed by atoms with Gasteiger partial charge in [0.2, 0.25) is 0 Å². The molecule has 0 aliphatic carbocycles. The minimum Gasteiger partial charge on any atom is -0.256 e. The molecular weight excluding hydrogens is 160 g/mol. The van der Waals surface area contributed by atoms with Gasteiger partial charge in [-0.1, -0.05) is 13.0 Å². The first-order valence-electron chi connectivity index (χ1n) is 4.48. The molecule has 0 saturated heterocycles. The van der Waals surface area contributed by atoms with Crippen LogP contribution >= 0.6 is 0 Å². The van der Waals surface area contributed by atoms with Crippen LogP contribution in [0, 0.1) is 18.3 Å². The largest absolute Gasteiger partial charge is 0.256 e. The zero-order chi connectivity index (χ0) is 9.90. The van der Waals surface area contributed by atoms with Gasteiger partial charge in [-0.15, -0.1) is 0 Å². The standard InChI is InChI=1S/C11H14N2/c1-4-11(3,8-12)10-7-5-6-9(2)13-10/h5-7H,4H2,1-3H3. The van der Waals surface area contributed by atoms with E-state index in [-0.39, 0.29) is 0 Å². The maximum atomic E-state index is 9.04. The molecule has 1 rings (SSSR count). The molecule has 0 amide bonds. The van der Waals surface area contributed by atoms with Crippen LogP contribution in [0.25, 0.3) is 0 Å². The van der Waals surface area contributed by atoms with Crippen molar-refractivity contribution in [3.63, 3.8) is 0 Å². The van der Waals surface area contributed by atoms with Gasteiger partial charge in [0, 0.05) is 5.69 Å². The van der Waals surface area contributed by atoms with Crippen molar-refractivity contribution in [3.05, 3.63) is 29.6 Å². The lowest BCUT2D eigenvalue weighted by Crippen LogP contribution is -2.19. The van der Waals surface area contributed by atoms with Crippen molar-refractivity contribution in [2.24, 2.45) is 0 Å². The summed E-state index contributed by atoms with van der Waals surface area (Å²) < 4.78 is 0. The van der Waals surface area contributed by atoms with Gasteiger partial charge in [-0.2, -0.15) is 5.26 Å². The summed E-state index contributed by atoms with van der Waals surface area (Å²) >= 11 is 0. The number of aromatic nitrogens is 1. The van der Waals surface area contributed by atoms with Gasteiger partial charge in [0.25, 0.3) is 0 Å². The van der Waals surface area contributed by atoms with Gasteiger partial charge in [0.1, 0.15) is 0 Å². The van der Waals surface area contributed by atoms with Crippen LogP contribution in [0.4, 0.5) is 0 Å². The molecule has 1 aromatic rings. The Labute approximate surface area is 79.2 Å². The molecule has 0 saturated carbocycles. The Morgan fingerprint density at radius 1 is 1.54 bits per heavy atom. The molecule has 0 aliphatic heterocycles. The van der Waals surface area contributed by atoms with E-state index in [0.29, 0.717) is 0 Å². The average molecular weight is 174 g/mol. The normalized spacial score (nSPS) is 14.6. The van der Waals surface area contributed by atoms with Gasteiger partial charge in [0.05, 0.1) is 17.2 Å². The van der Waals surface area contributed by atoms with Crippen LogP contribution in [-0.2, 0) is 5.41 Å². The van der Waals surface area contributed by atoms with Gasteiger partial charge < -0.3 is 0 Å². The minimum atomic E-state index is -0.438. The highest BCUT2D eigenvalue weighted by atomic mass is 14.7. The Morgan fingerprint density at radius 2 is 2.23 bits per heavy atom. The van der Waals surface area contributed by atoms with E-state index >= 15 is 0 Å². The molecular formula is C11H14N2. The molecule has 1 aromatic heterocycles. The Bertz CT molecular complexity index is 338. The van der Waals surface area contributed by atoms with Gasteiger partial charge in [-0.05, 0) is 32.4 Å². The molecule has 1 heterocycles. The third-order valence-electron chi connectivity index (χ3n) is 2.41. The highest BCUT2D eigenvalue weighted by Crippen LogP contribution is 2.24. The second-order valence-corrected chi connectivity index (χ2v) is 3.46. The molecule has 2 nitrogen and oxygen atoms in total. The zero-order valence-corrected chi connectivity index (χ0v) is 8.33. The number of aryl methyl sites for hydroxylation is 1. The average Bonchev–Trinajstić information content (AvgIpc) is 2.17. The molecule has 68 valence electrons. The van der Waals surface area contributed by atoms with E-state index in [0.717, 1.165) is 17.8 Å². The second kappa shape index (κ2) is 3.57. The van der Waals surface area contributed by atoms with Gasteiger partial charge in [0.15, 0.2) is 0 Å². The quantitative estimate of drug-likeness (QED) is 0.691. The third-order valence-corrected chi connectivity index (χ3v) is 2.41. The summed E-state index contributed by atoms with van der Waals surface area (Å²) in [6, 6.07) is 8.11. The SMILES string of the molecule is CCC(C)(C#N)c1cccc(C)n1. The fourth-order valence-corrected chi connectivity index (χ4v) is 1.17. The number of pyridine rings is 1. The zero-order valence-electron chi connectivity index (χ0n) is 8.33. The first kappa shape index (κ1) is 9.73. The summed E-state index contributed by atoms with van der Waals surface area (Å²) in [7, 11) is 0. The number of hydrogen-bond donors (Lipinski definition) is 0. The Morgan fingerprint density at radius 3 is 2.69 bits per heavy atom. The van der Waals surface area contributed by atoms with E-state index < -0.39 is 5.41 Å². The highest BCUT2D eigenvalue weighted by Gasteiger charge is 2.25. The van der Waals surface area contributed by atoms with Gasteiger partial charge in [-0.3, -0.25) is 4.98 Å². The van der Waals surface area contributed by atoms with Crippen LogP contribution < -0.4 is 0 Å². The van der Waals surface area contributed by atoms with Gasteiger partial charge >= 0.3 is 0 Å². The number of nitrogens with zero attached hydrogens (tertiary/aromatic N) is 2. The van der Waals surface area contributed by atoms with Crippen LogP contribution in [0.2, 0.25) is 0 Å². The van der Waals surface area contributed by atoms with Crippen molar-refractivity contribution in [3.8, 4) is 6.07 Å². The number of rotatable bonds is 2. The van der Waals surface area contributed by atoms with E-state index in [4.69, 9.17) is 5.26 Å². The monoisotopic (exact) mass is 174 g/mol. The highest BCUT2D eigenvalue weighted by molar-refractivity contribution is 5.25. The second-order valence-electron chi connectivity index (χ2n) is 3.46. The lowest BCUT2D eigenvalue weighted by molar-refractivity contribution is 0.566. The molecule has 0 aromatic carbocycles. The maximum Gasteiger partial charge on any atom is 0.0962 e. The van der Waals surface area contributed by atoms with E-state index in [1.165, 1.54) is 0 Å². The van der Waals surface area contributed by atoms with Crippen molar-refractivity contribution in [2.75, 3.05) is 0 Å². The minimum absolute atomic E-state index is 0.438. The molecule has 1 unspecified atom stereocenters. The van der Waals surface area contributed by atoms with Crippen molar-refractivity contribution < 1.29 is 0 Å². The summed E-state index contributed by atoms with van der Waals surface area (Å²) in [5, 5.41) is 9.04. The van der Waals surface area contributed by atoms with E-state index in [1.807, 2.05) is 39.0 Å². The van der Waals surface area contributed by atoms with Crippen LogP contribution in [0.3, 0.4) is 0 Å². The lowest BCUT2D eigenvalue weighted by atomic mass is 9.85. The van der Waals surface area contributed by atoms with Crippen molar-refractivity contribution in [2.45, 2.75) is 32.6 Å². The summed E-state index contributed by atoms with van der Waals surface area (Å²) in [6.45, 7) is 5.87. The summed E-state index contributed by atoms with van der Waals surface area (Å²) in [4.78, 5) is 4.36. The van der Waals surface area contributed by atoms with Crippen LogP contribution in [0.15, 0.2) is 18.2 Å². The van der Waals surface area contributed by atoms with Crippen LogP contribution in [0.1, 0.15) is 31.7 Å². The molecule has 0 spiro atoms. The topological polar surface area (TPSA) is 36.7 Å². The Kier molecular flexibility index (Phi) is 2.67. The van der Waals surface area contributed by atoms with Crippen molar-refractivity contribution >= 4 is 0 Å². The molecule has 2 heteroatoms. The van der Waals surface area contributed by atoms with Crippen LogP contribution in [0.5, 0.6) is 0 Å². The molecule has 0 aliphatic rings.